The minimum Gasteiger partial charge on any atom is -0.390 e. The molecule has 0 radical (unpaired) electrons. The number of rotatable bonds is 0. The topological polar surface area (TPSA) is 37.3 Å². The molecule has 1 saturated carbocycles. The van der Waals surface area contributed by atoms with Gasteiger partial charge in [0.25, 0.3) is 0 Å². The number of ketones is 1. The van der Waals surface area contributed by atoms with Gasteiger partial charge < -0.3 is 5.11 Å². The Labute approximate surface area is 78.6 Å². The summed E-state index contributed by atoms with van der Waals surface area (Å²) in [6.07, 6.45) is 6.14. The molecule has 1 N–H and O–H groups in total. The Kier molecular flexibility index (Phi) is 2.03. The second-order valence-corrected chi connectivity index (χ2v) is 4.49. The molecule has 13 heavy (non-hydrogen) atoms. The molecule has 1 fully saturated rings. The Morgan fingerprint density at radius 3 is 3.15 bits per heavy atom. The summed E-state index contributed by atoms with van der Waals surface area (Å²) in [6.45, 7) is 1.86. The molecule has 2 nitrogen and oxygen atoms in total. The molecular weight excluding hydrogens is 164 g/mol. The maximum absolute atomic E-state index is 11.3. The van der Waals surface area contributed by atoms with Crippen molar-refractivity contribution in [2.24, 2.45) is 5.92 Å². The fourth-order valence-corrected chi connectivity index (χ4v) is 2.55. The number of aliphatic hydroxyl groups is 1. The summed E-state index contributed by atoms with van der Waals surface area (Å²) in [5.74, 6) is 0.387. The molecule has 2 aliphatic rings. The quantitative estimate of drug-likeness (QED) is 0.577. The number of fused-ring (bicyclic) bond motifs is 1. The van der Waals surface area contributed by atoms with Crippen LogP contribution in [0.5, 0.6) is 0 Å². The van der Waals surface area contributed by atoms with Gasteiger partial charge in [0.2, 0.25) is 0 Å². The summed E-state index contributed by atoms with van der Waals surface area (Å²) in [5, 5.41) is 10.1. The lowest BCUT2D eigenvalue weighted by atomic mass is 9.68. The SMILES string of the molecule is C[C@@]1(O)CCCC2=CCC(=O)C[C@H]21. The van der Waals surface area contributed by atoms with E-state index in [-0.39, 0.29) is 11.7 Å². The highest BCUT2D eigenvalue weighted by Crippen LogP contribution is 2.41. The summed E-state index contributed by atoms with van der Waals surface area (Å²) >= 11 is 0. The maximum Gasteiger partial charge on any atom is 0.137 e. The van der Waals surface area contributed by atoms with Crippen LogP contribution in [0.1, 0.15) is 39.0 Å². The van der Waals surface area contributed by atoms with Gasteiger partial charge >= 0.3 is 0 Å². The van der Waals surface area contributed by atoms with Gasteiger partial charge in [-0.25, -0.2) is 0 Å². The number of hydrogen-bond donors (Lipinski definition) is 1. The van der Waals surface area contributed by atoms with Crippen molar-refractivity contribution in [1.82, 2.24) is 0 Å². The summed E-state index contributed by atoms with van der Waals surface area (Å²) in [4.78, 5) is 11.3. The van der Waals surface area contributed by atoms with Gasteiger partial charge in [-0.15, -0.1) is 0 Å². The average molecular weight is 180 g/mol. The Hall–Kier alpha value is -0.630. The zero-order valence-corrected chi connectivity index (χ0v) is 8.05. The van der Waals surface area contributed by atoms with Crippen molar-refractivity contribution in [1.29, 1.82) is 0 Å². The largest absolute Gasteiger partial charge is 0.390 e. The van der Waals surface area contributed by atoms with E-state index in [4.69, 9.17) is 0 Å². The second-order valence-electron chi connectivity index (χ2n) is 4.49. The summed E-state index contributed by atoms with van der Waals surface area (Å²) < 4.78 is 0. The number of carbonyl (C=O) groups is 1. The minimum atomic E-state index is -0.639. The third-order valence-corrected chi connectivity index (χ3v) is 3.37. The first-order valence-corrected chi connectivity index (χ1v) is 5.02. The van der Waals surface area contributed by atoms with Crippen LogP contribution < -0.4 is 0 Å². The van der Waals surface area contributed by atoms with Crippen LogP contribution in [0, 0.1) is 5.92 Å². The highest BCUT2D eigenvalue weighted by atomic mass is 16.3. The van der Waals surface area contributed by atoms with Gasteiger partial charge in [0.15, 0.2) is 0 Å². The summed E-state index contributed by atoms with van der Waals surface area (Å²) in [6, 6.07) is 0. The highest BCUT2D eigenvalue weighted by molar-refractivity contribution is 5.82. The molecule has 0 unspecified atom stereocenters. The molecule has 0 bridgehead atoms. The summed E-state index contributed by atoms with van der Waals surface area (Å²) in [5.41, 5.74) is 0.677. The fourth-order valence-electron chi connectivity index (χ4n) is 2.55. The molecule has 2 heteroatoms. The van der Waals surface area contributed by atoms with Crippen LogP contribution in [0.2, 0.25) is 0 Å². The number of allylic oxidation sites excluding steroid dienone is 1. The Bertz CT molecular complexity index is 263. The Morgan fingerprint density at radius 2 is 2.38 bits per heavy atom. The van der Waals surface area contributed by atoms with Gasteiger partial charge in [-0.3, -0.25) is 4.79 Å². The van der Waals surface area contributed by atoms with Crippen molar-refractivity contribution >= 4 is 5.78 Å². The van der Waals surface area contributed by atoms with Crippen LogP contribution in [0.15, 0.2) is 11.6 Å². The van der Waals surface area contributed by atoms with Crippen LogP contribution in [0.3, 0.4) is 0 Å². The third kappa shape index (κ3) is 1.55. The van der Waals surface area contributed by atoms with Crippen molar-refractivity contribution in [2.75, 3.05) is 0 Å². The molecule has 0 amide bonds. The lowest BCUT2D eigenvalue weighted by Crippen LogP contribution is -2.41. The predicted molar refractivity (Wildman–Crippen MR) is 50.3 cm³/mol. The van der Waals surface area contributed by atoms with Gasteiger partial charge in [0.05, 0.1) is 5.60 Å². The van der Waals surface area contributed by atoms with Gasteiger partial charge in [-0.2, -0.15) is 0 Å². The van der Waals surface area contributed by atoms with E-state index in [0.29, 0.717) is 12.8 Å². The number of Topliss-reactive ketones (excluding diaryl/α,β-unsaturated/α-hetero) is 1. The lowest BCUT2D eigenvalue weighted by Gasteiger charge is -2.40. The van der Waals surface area contributed by atoms with Crippen molar-refractivity contribution in [3.8, 4) is 0 Å². The van der Waals surface area contributed by atoms with E-state index in [9.17, 15) is 9.90 Å². The monoisotopic (exact) mass is 180 g/mol. The van der Waals surface area contributed by atoms with Crippen molar-refractivity contribution in [3.63, 3.8) is 0 Å². The van der Waals surface area contributed by atoms with Gasteiger partial charge in [-0.05, 0) is 26.2 Å². The fraction of sp³-hybridized carbons (Fsp3) is 0.727. The van der Waals surface area contributed by atoms with Gasteiger partial charge in [0, 0.05) is 18.8 Å². The first kappa shape index (κ1) is 8.95. The smallest absolute Gasteiger partial charge is 0.137 e. The van der Waals surface area contributed by atoms with Crippen LogP contribution in [-0.2, 0) is 4.79 Å². The van der Waals surface area contributed by atoms with Crippen molar-refractivity contribution < 1.29 is 9.90 Å². The van der Waals surface area contributed by atoms with Crippen LogP contribution in [0.4, 0.5) is 0 Å². The minimum absolute atomic E-state index is 0.113. The Balaban J connectivity index is 2.27. The maximum atomic E-state index is 11.3. The zero-order chi connectivity index (χ0) is 9.47. The van der Waals surface area contributed by atoms with Crippen LogP contribution in [-0.4, -0.2) is 16.5 Å². The van der Waals surface area contributed by atoms with E-state index >= 15 is 0 Å². The molecule has 0 heterocycles. The molecule has 2 atom stereocenters. The first-order valence-electron chi connectivity index (χ1n) is 5.02. The van der Waals surface area contributed by atoms with Crippen molar-refractivity contribution in [2.45, 2.75) is 44.6 Å². The van der Waals surface area contributed by atoms with E-state index in [1.165, 1.54) is 5.57 Å². The standard InChI is InChI=1S/C11H16O2/c1-11(13)6-2-3-8-4-5-9(12)7-10(8)11/h4,10,13H,2-3,5-7H2,1H3/t10-,11-/m1/s1. The average Bonchev–Trinajstić information content (AvgIpc) is 2.06. The van der Waals surface area contributed by atoms with E-state index < -0.39 is 5.60 Å². The molecule has 2 rings (SSSR count). The van der Waals surface area contributed by atoms with E-state index in [1.54, 1.807) is 0 Å². The Morgan fingerprint density at radius 1 is 1.62 bits per heavy atom. The van der Waals surface area contributed by atoms with E-state index in [1.807, 2.05) is 13.0 Å². The molecule has 72 valence electrons. The van der Waals surface area contributed by atoms with Crippen molar-refractivity contribution in [3.05, 3.63) is 11.6 Å². The molecule has 0 aliphatic heterocycles. The predicted octanol–water partition coefficient (Wildman–Crippen LogP) is 1.83. The van der Waals surface area contributed by atoms with E-state index in [2.05, 4.69) is 0 Å². The lowest BCUT2D eigenvalue weighted by molar-refractivity contribution is -0.122. The zero-order valence-electron chi connectivity index (χ0n) is 8.05. The molecule has 0 saturated heterocycles. The van der Waals surface area contributed by atoms with Gasteiger partial charge in [0.1, 0.15) is 5.78 Å². The first-order chi connectivity index (χ1) is 6.09. The highest BCUT2D eigenvalue weighted by Gasteiger charge is 2.39. The number of hydrogen-bond acceptors (Lipinski definition) is 2. The normalized spacial score (nSPS) is 39.7. The van der Waals surface area contributed by atoms with Gasteiger partial charge in [-0.1, -0.05) is 11.6 Å². The van der Waals surface area contributed by atoms with Crippen LogP contribution >= 0.6 is 0 Å². The molecule has 0 aromatic carbocycles. The molecule has 0 aromatic rings. The third-order valence-electron chi connectivity index (χ3n) is 3.37. The molecule has 0 aromatic heterocycles. The van der Waals surface area contributed by atoms with E-state index in [0.717, 1.165) is 19.3 Å². The van der Waals surface area contributed by atoms with Crippen LogP contribution in [0.25, 0.3) is 0 Å². The number of carbonyl (C=O) groups excluding carboxylic acids is 1. The molecular formula is C11H16O2. The second kappa shape index (κ2) is 2.95. The molecule has 2 aliphatic carbocycles. The summed E-state index contributed by atoms with van der Waals surface area (Å²) in [7, 11) is 0. The molecule has 0 spiro atoms.